The van der Waals surface area contributed by atoms with Gasteiger partial charge in [-0.25, -0.2) is 10.8 Å². The number of rotatable bonds is 4. The fourth-order valence-corrected chi connectivity index (χ4v) is 2.31. The lowest BCUT2D eigenvalue weighted by Crippen LogP contribution is -2.49. The van der Waals surface area contributed by atoms with E-state index in [-0.39, 0.29) is 5.69 Å². The minimum Gasteiger partial charge on any atom is -0.354 e. The van der Waals surface area contributed by atoms with Gasteiger partial charge in [0.25, 0.3) is 5.69 Å². The zero-order chi connectivity index (χ0) is 14.7. The van der Waals surface area contributed by atoms with Crippen LogP contribution >= 0.6 is 0 Å². The Hall–Kier alpha value is -1.93. The third-order valence-electron chi connectivity index (χ3n) is 3.52. The highest BCUT2D eigenvalue weighted by Gasteiger charge is 2.22. The Morgan fingerprint density at radius 1 is 1.35 bits per heavy atom. The van der Waals surface area contributed by atoms with Crippen molar-refractivity contribution in [3.8, 4) is 0 Å². The van der Waals surface area contributed by atoms with Gasteiger partial charge >= 0.3 is 0 Å². The van der Waals surface area contributed by atoms with Gasteiger partial charge in [0.1, 0.15) is 11.6 Å². The highest BCUT2D eigenvalue weighted by Crippen LogP contribution is 2.24. The van der Waals surface area contributed by atoms with Crippen LogP contribution in [0.2, 0.25) is 0 Å². The Kier molecular flexibility index (Phi) is 4.35. The molecule has 20 heavy (non-hydrogen) atoms. The van der Waals surface area contributed by atoms with Crippen molar-refractivity contribution in [1.29, 1.82) is 0 Å². The Balaban J connectivity index is 2.17. The van der Waals surface area contributed by atoms with Gasteiger partial charge in [0.15, 0.2) is 0 Å². The molecule has 8 heteroatoms. The normalized spacial score (nSPS) is 16.5. The fourth-order valence-electron chi connectivity index (χ4n) is 2.31. The van der Waals surface area contributed by atoms with E-state index in [1.165, 1.54) is 12.1 Å². The van der Waals surface area contributed by atoms with Crippen LogP contribution in [-0.2, 0) is 0 Å². The van der Waals surface area contributed by atoms with E-state index in [9.17, 15) is 10.1 Å². The molecule has 110 valence electrons. The third kappa shape index (κ3) is 3.14. The molecule has 0 spiro atoms. The zero-order valence-corrected chi connectivity index (χ0v) is 11.7. The lowest BCUT2D eigenvalue weighted by Gasteiger charge is -2.37. The van der Waals surface area contributed by atoms with Gasteiger partial charge in [0.05, 0.1) is 17.1 Å². The first kappa shape index (κ1) is 14.5. The lowest BCUT2D eigenvalue weighted by molar-refractivity contribution is -0.384. The molecule has 1 aliphatic heterocycles. The van der Waals surface area contributed by atoms with Gasteiger partial charge in [0, 0.05) is 32.2 Å². The molecule has 0 aromatic carbocycles. The number of hydrazine groups is 1. The molecule has 2 rings (SSSR count). The molecule has 8 nitrogen and oxygen atoms in total. The smallest absolute Gasteiger partial charge is 0.276 e. The van der Waals surface area contributed by atoms with Crippen molar-refractivity contribution in [2.75, 3.05) is 36.5 Å². The van der Waals surface area contributed by atoms with E-state index in [1.807, 2.05) is 4.90 Å². The summed E-state index contributed by atoms with van der Waals surface area (Å²) in [4.78, 5) is 19.2. The second-order valence-corrected chi connectivity index (χ2v) is 5.09. The fraction of sp³-hybridized carbons (Fsp3) is 0.583. The SMILES string of the molecule is CC(C)N1CCN(c2cc([N+](=O)[O-])cc(NN)n2)CC1. The average molecular weight is 280 g/mol. The van der Waals surface area contributed by atoms with Crippen molar-refractivity contribution in [3.63, 3.8) is 0 Å². The summed E-state index contributed by atoms with van der Waals surface area (Å²) in [5.41, 5.74) is 2.37. The molecule has 1 aliphatic rings. The van der Waals surface area contributed by atoms with Gasteiger partial charge in [-0.15, -0.1) is 0 Å². The van der Waals surface area contributed by atoms with Gasteiger partial charge in [-0.2, -0.15) is 0 Å². The second-order valence-electron chi connectivity index (χ2n) is 5.09. The zero-order valence-electron chi connectivity index (χ0n) is 11.7. The molecule has 0 radical (unpaired) electrons. The molecule has 3 N–H and O–H groups in total. The first-order valence-electron chi connectivity index (χ1n) is 6.63. The number of hydrogen-bond donors (Lipinski definition) is 2. The maximum Gasteiger partial charge on any atom is 0.276 e. The Morgan fingerprint density at radius 2 is 2.00 bits per heavy atom. The van der Waals surface area contributed by atoms with Crippen LogP contribution < -0.4 is 16.2 Å². The van der Waals surface area contributed by atoms with Crippen molar-refractivity contribution in [2.45, 2.75) is 19.9 Å². The highest BCUT2D eigenvalue weighted by molar-refractivity contribution is 5.55. The van der Waals surface area contributed by atoms with Crippen LogP contribution in [0.1, 0.15) is 13.8 Å². The Labute approximate surface area is 117 Å². The van der Waals surface area contributed by atoms with E-state index < -0.39 is 4.92 Å². The molecule has 1 aromatic heterocycles. The average Bonchev–Trinajstić information content (AvgIpc) is 2.46. The molecule has 0 aliphatic carbocycles. The number of pyridine rings is 1. The number of piperazine rings is 1. The van der Waals surface area contributed by atoms with Crippen molar-refractivity contribution in [2.24, 2.45) is 5.84 Å². The van der Waals surface area contributed by atoms with Crippen LogP contribution in [0.15, 0.2) is 12.1 Å². The number of aromatic nitrogens is 1. The van der Waals surface area contributed by atoms with Crippen LogP contribution in [0, 0.1) is 10.1 Å². The summed E-state index contributed by atoms with van der Waals surface area (Å²) in [6.45, 7) is 7.78. The van der Waals surface area contributed by atoms with Crippen LogP contribution in [0.5, 0.6) is 0 Å². The summed E-state index contributed by atoms with van der Waals surface area (Å²) in [7, 11) is 0. The van der Waals surface area contributed by atoms with E-state index in [1.54, 1.807) is 0 Å². The lowest BCUT2D eigenvalue weighted by atomic mass is 10.2. The molecule has 0 amide bonds. The van der Waals surface area contributed by atoms with Crippen LogP contribution in [0.25, 0.3) is 0 Å². The molecule has 1 aromatic rings. The third-order valence-corrected chi connectivity index (χ3v) is 3.52. The van der Waals surface area contributed by atoms with Crippen LogP contribution in [0.3, 0.4) is 0 Å². The maximum absolute atomic E-state index is 10.9. The highest BCUT2D eigenvalue weighted by atomic mass is 16.6. The van der Waals surface area contributed by atoms with E-state index in [0.717, 1.165) is 26.2 Å². The summed E-state index contributed by atoms with van der Waals surface area (Å²) in [6, 6.07) is 3.33. The monoisotopic (exact) mass is 280 g/mol. The van der Waals surface area contributed by atoms with Gasteiger partial charge in [-0.05, 0) is 13.8 Å². The standard InChI is InChI=1S/C12H20N6O2/c1-9(2)16-3-5-17(6-4-16)12-8-10(18(19)20)7-11(14-12)15-13/h7-9H,3-6,13H2,1-2H3,(H,14,15). The quantitative estimate of drug-likeness (QED) is 0.478. The first-order valence-corrected chi connectivity index (χ1v) is 6.63. The Morgan fingerprint density at radius 3 is 2.50 bits per heavy atom. The molecule has 0 saturated carbocycles. The number of nitrogen functional groups attached to an aromatic ring is 1. The van der Waals surface area contributed by atoms with Gasteiger partial charge in [0.2, 0.25) is 0 Å². The van der Waals surface area contributed by atoms with E-state index in [0.29, 0.717) is 17.7 Å². The van der Waals surface area contributed by atoms with Gasteiger partial charge in [-0.3, -0.25) is 15.0 Å². The predicted octanol–water partition coefficient (Wildman–Crippen LogP) is 0.806. The van der Waals surface area contributed by atoms with Gasteiger partial charge < -0.3 is 10.3 Å². The predicted molar refractivity (Wildman–Crippen MR) is 77.6 cm³/mol. The second kappa shape index (κ2) is 6.02. The van der Waals surface area contributed by atoms with Crippen molar-refractivity contribution >= 4 is 17.3 Å². The van der Waals surface area contributed by atoms with Crippen LogP contribution in [0.4, 0.5) is 17.3 Å². The van der Waals surface area contributed by atoms with Crippen molar-refractivity contribution in [3.05, 3.63) is 22.2 Å². The summed E-state index contributed by atoms with van der Waals surface area (Å²) < 4.78 is 0. The molecule has 1 saturated heterocycles. The minimum atomic E-state index is -0.434. The number of nitrogens with two attached hydrogens (primary N) is 1. The first-order chi connectivity index (χ1) is 9.51. The van der Waals surface area contributed by atoms with E-state index in [2.05, 4.69) is 29.2 Å². The molecular weight excluding hydrogens is 260 g/mol. The number of nitrogens with one attached hydrogen (secondary N) is 1. The Bertz CT molecular complexity index is 485. The summed E-state index contributed by atoms with van der Waals surface area (Å²) in [6.07, 6.45) is 0. The summed E-state index contributed by atoms with van der Waals surface area (Å²) in [5.74, 6) is 6.22. The molecular formula is C12H20N6O2. The number of nitrogens with zero attached hydrogens (tertiary/aromatic N) is 4. The van der Waals surface area contributed by atoms with E-state index in [4.69, 9.17) is 5.84 Å². The van der Waals surface area contributed by atoms with Crippen molar-refractivity contribution in [1.82, 2.24) is 9.88 Å². The van der Waals surface area contributed by atoms with Crippen molar-refractivity contribution < 1.29 is 4.92 Å². The topological polar surface area (TPSA) is 101 Å². The largest absolute Gasteiger partial charge is 0.354 e. The molecule has 0 atom stereocenters. The van der Waals surface area contributed by atoms with Gasteiger partial charge in [-0.1, -0.05) is 0 Å². The minimum absolute atomic E-state index is 0.00533. The molecule has 2 heterocycles. The maximum atomic E-state index is 10.9. The molecule has 0 unspecified atom stereocenters. The molecule has 0 bridgehead atoms. The van der Waals surface area contributed by atoms with E-state index >= 15 is 0 Å². The number of anilines is 2. The number of nitro groups is 1. The summed E-state index contributed by atoms with van der Waals surface area (Å²) >= 11 is 0. The summed E-state index contributed by atoms with van der Waals surface area (Å²) in [5, 5.41) is 10.9. The number of hydrogen-bond acceptors (Lipinski definition) is 7. The van der Waals surface area contributed by atoms with Crippen LogP contribution in [-0.4, -0.2) is 47.0 Å². The molecule has 1 fully saturated rings.